The molecule has 0 bridgehead atoms. The molecule has 4 rings (SSSR count). The lowest BCUT2D eigenvalue weighted by Crippen LogP contribution is -2.31. The van der Waals surface area contributed by atoms with E-state index in [9.17, 15) is 0 Å². The first-order valence-corrected chi connectivity index (χ1v) is 7.60. The number of rotatable bonds is 2. The highest BCUT2D eigenvalue weighted by molar-refractivity contribution is 5.94. The van der Waals surface area contributed by atoms with Gasteiger partial charge in [-0.3, -0.25) is 9.58 Å². The highest BCUT2D eigenvalue weighted by Crippen LogP contribution is 2.35. The minimum Gasteiger partial charge on any atom is -0.497 e. The number of hydrogen-bond donors (Lipinski definition) is 2. The molecule has 2 aromatic rings. The van der Waals surface area contributed by atoms with Crippen molar-refractivity contribution in [2.75, 3.05) is 25.3 Å². The van der Waals surface area contributed by atoms with Crippen LogP contribution in [-0.4, -0.2) is 35.7 Å². The first kappa shape index (κ1) is 14.6. The van der Waals surface area contributed by atoms with Crippen molar-refractivity contribution in [2.24, 2.45) is 16.6 Å². The van der Waals surface area contributed by atoms with Gasteiger partial charge in [0, 0.05) is 18.7 Å². The van der Waals surface area contributed by atoms with Crippen LogP contribution in [-0.2, 0) is 11.2 Å². The van der Waals surface area contributed by atoms with Crippen molar-refractivity contribution < 1.29 is 9.47 Å². The number of aliphatic imine (C=N–C) groups is 1. The number of fused-ring (bicyclic) bond motifs is 3. The molecule has 0 unspecified atom stereocenters. The predicted octanol–water partition coefficient (Wildman–Crippen LogP) is 0.694. The van der Waals surface area contributed by atoms with Crippen molar-refractivity contribution in [2.45, 2.75) is 6.42 Å². The van der Waals surface area contributed by atoms with Gasteiger partial charge in [-0.2, -0.15) is 0 Å². The van der Waals surface area contributed by atoms with Gasteiger partial charge in [0.1, 0.15) is 24.4 Å². The standard InChI is InChI=1S/C16H18N6O2/c1-23-11-2-3-12-13(7-11)22(18)10(8-17)6-14-15(20-9-21(12)14)16-19-4-5-24-16/h2-3,7-9H,4-6,17-18H2,1H3/b10-8-. The minimum atomic E-state index is 0.516. The normalized spacial score (nSPS) is 17.8. The van der Waals surface area contributed by atoms with Gasteiger partial charge < -0.3 is 15.2 Å². The Bertz CT molecular complexity index is 854. The maximum atomic E-state index is 6.30. The van der Waals surface area contributed by atoms with E-state index < -0.39 is 0 Å². The summed E-state index contributed by atoms with van der Waals surface area (Å²) in [5, 5.41) is 1.58. The maximum Gasteiger partial charge on any atom is 0.237 e. The van der Waals surface area contributed by atoms with Crippen LogP contribution in [0.15, 0.2) is 41.4 Å². The van der Waals surface area contributed by atoms with Crippen molar-refractivity contribution in [3.05, 3.63) is 47.8 Å². The van der Waals surface area contributed by atoms with E-state index in [0.717, 1.165) is 28.5 Å². The van der Waals surface area contributed by atoms with Gasteiger partial charge >= 0.3 is 0 Å². The van der Waals surface area contributed by atoms with Crippen LogP contribution in [0.5, 0.6) is 5.75 Å². The Labute approximate surface area is 139 Å². The van der Waals surface area contributed by atoms with Gasteiger partial charge in [-0.15, -0.1) is 0 Å². The molecule has 0 fully saturated rings. The number of anilines is 1. The Morgan fingerprint density at radius 2 is 2.21 bits per heavy atom. The van der Waals surface area contributed by atoms with E-state index in [1.807, 2.05) is 22.8 Å². The average molecular weight is 326 g/mol. The third-order valence-corrected chi connectivity index (χ3v) is 4.21. The number of benzene rings is 1. The molecule has 0 saturated carbocycles. The summed E-state index contributed by atoms with van der Waals surface area (Å²) < 4.78 is 12.9. The summed E-state index contributed by atoms with van der Waals surface area (Å²) in [4.78, 5) is 8.88. The molecular formula is C16H18N6O2. The van der Waals surface area contributed by atoms with Crippen LogP contribution in [0.3, 0.4) is 0 Å². The van der Waals surface area contributed by atoms with E-state index in [2.05, 4.69) is 9.98 Å². The lowest BCUT2D eigenvalue weighted by molar-refractivity contribution is 0.347. The van der Waals surface area contributed by atoms with Crippen LogP contribution >= 0.6 is 0 Å². The number of imidazole rings is 1. The molecule has 8 nitrogen and oxygen atoms in total. The molecule has 124 valence electrons. The number of allylic oxidation sites excluding steroid dienone is 1. The zero-order valence-electron chi connectivity index (χ0n) is 13.3. The Morgan fingerprint density at radius 1 is 1.33 bits per heavy atom. The SMILES string of the molecule is COc1ccc2c(c1)N(N)/C(=C\N)Cc1c(C3=NCCO3)ncn1-2. The van der Waals surface area contributed by atoms with E-state index in [1.54, 1.807) is 18.4 Å². The van der Waals surface area contributed by atoms with Gasteiger partial charge in [-0.05, 0) is 12.1 Å². The quantitative estimate of drug-likeness (QED) is 0.787. The van der Waals surface area contributed by atoms with E-state index in [1.165, 1.54) is 6.20 Å². The number of hydrogen-bond acceptors (Lipinski definition) is 7. The molecule has 3 heterocycles. The Balaban J connectivity index is 1.94. The van der Waals surface area contributed by atoms with Crippen LogP contribution in [0.4, 0.5) is 5.69 Å². The van der Waals surface area contributed by atoms with Crippen molar-refractivity contribution in [1.29, 1.82) is 0 Å². The van der Waals surface area contributed by atoms with Crippen LogP contribution in [0.2, 0.25) is 0 Å². The fraction of sp³-hybridized carbons (Fsp3) is 0.250. The van der Waals surface area contributed by atoms with Crippen molar-refractivity contribution in [1.82, 2.24) is 9.55 Å². The monoisotopic (exact) mass is 326 g/mol. The summed E-state index contributed by atoms with van der Waals surface area (Å²) in [6.45, 7) is 1.23. The Hall–Kier alpha value is -3.00. The number of methoxy groups -OCH3 is 1. The van der Waals surface area contributed by atoms with Crippen molar-refractivity contribution in [3.8, 4) is 11.4 Å². The highest BCUT2D eigenvalue weighted by Gasteiger charge is 2.28. The van der Waals surface area contributed by atoms with Crippen LogP contribution in [0.25, 0.3) is 5.69 Å². The molecule has 4 N–H and O–H groups in total. The van der Waals surface area contributed by atoms with Gasteiger partial charge in [0.25, 0.3) is 0 Å². The maximum absolute atomic E-state index is 6.30. The van der Waals surface area contributed by atoms with Crippen LogP contribution in [0, 0.1) is 0 Å². The molecular weight excluding hydrogens is 308 g/mol. The number of ether oxygens (including phenoxy) is 2. The summed E-state index contributed by atoms with van der Waals surface area (Å²) >= 11 is 0. The summed E-state index contributed by atoms with van der Waals surface area (Å²) in [6.07, 6.45) is 3.78. The fourth-order valence-corrected chi connectivity index (χ4v) is 2.98. The third-order valence-electron chi connectivity index (χ3n) is 4.21. The molecule has 0 aliphatic carbocycles. The zero-order valence-corrected chi connectivity index (χ0v) is 13.3. The third kappa shape index (κ3) is 2.11. The van der Waals surface area contributed by atoms with Gasteiger partial charge in [0.05, 0.1) is 36.4 Å². The first-order chi connectivity index (χ1) is 11.7. The molecule has 0 spiro atoms. The molecule has 1 aromatic heterocycles. The summed E-state index contributed by atoms with van der Waals surface area (Å²) in [5.41, 5.74) is 9.90. The second-order valence-corrected chi connectivity index (χ2v) is 5.50. The second kappa shape index (κ2) is 5.57. The predicted molar refractivity (Wildman–Crippen MR) is 90.1 cm³/mol. The molecule has 24 heavy (non-hydrogen) atoms. The lowest BCUT2D eigenvalue weighted by atomic mass is 10.2. The number of nitrogens with two attached hydrogens (primary N) is 2. The van der Waals surface area contributed by atoms with Crippen molar-refractivity contribution in [3.63, 3.8) is 0 Å². The smallest absolute Gasteiger partial charge is 0.237 e. The molecule has 2 aliphatic rings. The molecule has 0 amide bonds. The largest absolute Gasteiger partial charge is 0.497 e. The van der Waals surface area contributed by atoms with Gasteiger partial charge in [0.2, 0.25) is 5.90 Å². The Morgan fingerprint density at radius 3 is 2.92 bits per heavy atom. The average Bonchev–Trinajstić information content (AvgIpc) is 3.25. The summed E-state index contributed by atoms with van der Waals surface area (Å²) in [7, 11) is 1.62. The van der Waals surface area contributed by atoms with Gasteiger partial charge in [-0.25, -0.2) is 15.8 Å². The van der Waals surface area contributed by atoms with E-state index in [0.29, 0.717) is 31.2 Å². The fourth-order valence-electron chi connectivity index (χ4n) is 2.98. The molecule has 0 saturated heterocycles. The molecule has 8 heteroatoms. The number of hydrazine groups is 1. The molecule has 2 aliphatic heterocycles. The minimum absolute atomic E-state index is 0.516. The number of aromatic nitrogens is 2. The number of nitrogens with zero attached hydrogens (tertiary/aromatic N) is 4. The highest BCUT2D eigenvalue weighted by atomic mass is 16.5. The lowest BCUT2D eigenvalue weighted by Gasteiger charge is -2.21. The van der Waals surface area contributed by atoms with Crippen molar-refractivity contribution >= 4 is 11.6 Å². The summed E-state index contributed by atoms with van der Waals surface area (Å²) in [6, 6.07) is 5.70. The van der Waals surface area contributed by atoms with E-state index in [-0.39, 0.29) is 0 Å². The van der Waals surface area contributed by atoms with Crippen LogP contribution in [0.1, 0.15) is 11.4 Å². The second-order valence-electron chi connectivity index (χ2n) is 5.50. The zero-order chi connectivity index (χ0) is 16.7. The molecule has 0 radical (unpaired) electrons. The van der Waals surface area contributed by atoms with E-state index in [4.69, 9.17) is 21.1 Å². The van der Waals surface area contributed by atoms with Gasteiger partial charge in [0.15, 0.2) is 0 Å². The Kier molecular flexibility index (Phi) is 3.39. The van der Waals surface area contributed by atoms with Gasteiger partial charge in [-0.1, -0.05) is 0 Å². The summed E-state index contributed by atoms with van der Waals surface area (Å²) in [5.74, 6) is 7.59. The molecule has 0 atom stereocenters. The van der Waals surface area contributed by atoms with Crippen LogP contribution < -0.4 is 21.3 Å². The molecule has 1 aromatic carbocycles. The van der Waals surface area contributed by atoms with E-state index >= 15 is 0 Å². The first-order valence-electron chi connectivity index (χ1n) is 7.60. The topological polar surface area (TPSA) is 104 Å².